The highest BCUT2D eigenvalue weighted by Crippen LogP contribution is 2.33. The van der Waals surface area contributed by atoms with Crippen molar-refractivity contribution < 1.29 is 0 Å². The third-order valence-electron chi connectivity index (χ3n) is 5.35. The van der Waals surface area contributed by atoms with Crippen LogP contribution in [0.1, 0.15) is 23.5 Å². The quantitative estimate of drug-likeness (QED) is 0.583. The molecule has 4 aromatic rings. The molecule has 0 amide bonds. The number of likely N-dealkylation sites (tertiary alicyclic amines) is 1. The van der Waals surface area contributed by atoms with Gasteiger partial charge in [-0.2, -0.15) is 0 Å². The minimum atomic E-state index is 0.356. The lowest BCUT2D eigenvalue weighted by Gasteiger charge is -2.17. The number of fused-ring (bicyclic) bond motifs is 3. The van der Waals surface area contributed by atoms with Gasteiger partial charge >= 0.3 is 0 Å². The first-order valence-electron chi connectivity index (χ1n) is 9.13. The normalized spacial score (nSPS) is 17.9. The Hall–Kier alpha value is -3.19. The van der Waals surface area contributed by atoms with Gasteiger partial charge in [-0.3, -0.25) is 9.30 Å². The number of aromatic nitrogens is 4. The van der Waals surface area contributed by atoms with E-state index in [2.05, 4.69) is 50.2 Å². The molecule has 0 bridgehead atoms. The predicted octanol–water partition coefficient (Wildman–Crippen LogP) is 2.43. The van der Waals surface area contributed by atoms with Crippen LogP contribution in [0, 0.1) is 0 Å². The molecule has 1 aliphatic rings. The molecule has 1 atom stereocenters. The topological polar surface area (TPSA) is 98.4 Å². The van der Waals surface area contributed by atoms with Crippen LogP contribution in [-0.2, 0) is 6.54 Å². The Labute approximate surface area is 156 Å². The van der Waals surface area contributed by atoms with Crippen LogP contribution in [0.4, 0.5) is 11.6 Å². The van der Waals surface area contributed by atoms with Crippen molar-refractivity contribution in [1.29, 1.82) is 0 Å². The minimum Gasteiger partial charge on any atom is -0.384 e. The van der Waals surface area contributed by atoms with E-state index in [4.69, 9.17) is 11.5 Å². The first kappa shape index (κ1) is 16.0. The molecule has 27 heavy (non-hydrogen) atoms. The number of nitrogen functional groups attached to an aromatic ring is 2. The molecule has 0 aliphatic carbocycles. The van der Waals surface area contributed by atoms with Gasteiger partial charge in [0, 0.05) is 19.0 Å². The number of imidazole rings is 1. The van der Waals surface area contributed by atoms with Gasteiger partial charge in [-0.25, -0.2) is 15.0 Å². The second-order valence-corrected chi connectivity index (χ2v) is 7.16. The highest BCUT2D eigenvalue weighted by atomic mass is 15.1. The summed E-state index contributed by atoms with van der Waals surface area (Å²) in [6.45, 7) is 2.97. The molecule has 1 fully saturated rings. The number of pyridine rings is 1. The van der Waals surface area contributed by atoms with Gasteiger partial charge in [0.15, 0.2) is 5.65 Å². The van der Waals surface area contributed by atoms with E-state index < -0.39 is 0 Å². The molecule has 4 N–H and O–H groups in total. The summed E-state index contributed by atoms with van der Waals surface area (Å²) in [5, 5.41) is 0. The smallest absolute Gasteiger partial charge is 0.167 e. The molecular weight excluding hydrogens is 338 g/mol. The highest BCUT2D eigenvalue weighted by Gasteiger charge is 2.27. The van der Waals surface area contributed by atoms with Gasteiger partial charge in [-0.05, 0) is 30.2 Å². The van der Waals surface area contributed by atoms with Gasteiger partial charge in [0.05, 0.1) is 6.20 Å². The van der Waals surface area contributed by atoms with E-state index in [9.17, 15) is 0 Å². The van der Waals surface area contributed by atoms with Crippen molar-refractivity contribution in [3.8, 4) is 0 Å². The van der Waals surface area contributed by atoms with Crippen LogP contribution < -0.4 is 11.5 Å². The zero-order chi connectivity index (χ0) is 18.4. The van der Waals surface area contributed by atoms with Crippen LogP contribution >= 0.6 is 0 Å². The van der Waals surface area contributed by atoms with Gasteiger partial charge in [0.1, 0.15) is 29.0 Å². The molecule has 1 unspecified atom stereocenters. The fourth-order valence-electron chi connectivity index (χ4n) is 4.06. The van der Waals surface area contributed by atoms with Gasteiger partial charge in [0.25, 0.3) is 0 Å². The number of benzene rings is 1. The Morgan fingerprint density at radius 1 is 1.11 bits per heavy atom. The maximum Gasteiger partial charge on any atom is 0.167 e. The third kappa shape index (κ3) is 2.76. The molecule has 3 aromatic heterocycles. The molecule has 0 saturated carbocycles. The Kier molecular flexibility index (Phi) is 3.68. The standard InChI is InChI=1S/C20H21N7/c21-17-8-15(14-6-7-26(11-14)10-13-4-2-1-3-5-13)18-20(24-17)27-12-23-9-16(27)19(22)25-18/h1-5,8-9,12,14H,6-7,10-11H2,(H2,21,24)(H2,22,25). The second kappa shape index (κ2) is 6.21. The van der Waals surface area contributed by atoms with Crippen molar-refractivity contribution in [3.05, 3.63) is 60.0 Å². The number of hydrogen-bond acceptors (Lipinski definition) is 6. The second-order valence-electron chi connectivity index (χ2n) is 7.16. The molecule has 0 radical (unpaired) electrons. The average Bonchev–Trinajstić information content (AvgIpc) is 3.33. The summed E-state index contributed by atoms with van der Waals surface area (Å²) in [5.74, 6) is 1.32. The van der Waals surface area contributed by atoms with Crippen molar-refractivity contribution in [1.82, 2.24) is 24.3 Å². The van der Waals surface area contributed by atoms with E-state index in [0.717, 1.165) is 42.7 Å². The fourth-order valence-corrected chi connectivity index (χ4v) is 4.06. The number of nitrogens with two attached hydrogens (primary N) is 2. The molecule has 136 valence electrons. The Morgan fingerprint density at radius 3 is 2.81 bits per heavy atom. The molecular formula is C20H21N7. The largest absolute Gasteiger partial charge is 0.384 e. The Morgan fingerprint density at radius 2 is 1.96 bits per heavy atom. The maximum atomic E-state index is 6.16. The van der Waals surface area contributed by atoms with Crippen LogP contribution in [0.3, 0.4) is 0 Å². The summed E-state index contributed by atoms with van der Waals surface area (Å²) in [7, 11) is 0. The van der Waals surface area contributed by atoms with Crippen molar-refractivity contribution in [2.24, 2.45) is 0 Å². The SMILES string of the molecule is Nc1cc(C2CCN(Cc3ccccc3)C2)c2nc(N)c3cncn3c2n1. The van der Waals surface area contributed by atoms with E-state index in [1.165, 1.54) is 5.56 Å². The molecule has 0 spiro atoms. The van der Waals surface area contributed by atoms with Crippen molar-refractivity contribution in [3.63, 3.8) is 0 Å². The van der Waals surface area contributed by atoms with Gasteiger partial charge < -0.3 is 11.5 Å². The summed E-state index contributed by atoms with van der Waals surface area (Å²) in [6.07, 6.45) is 4.47. The molecule has 1 aromatic carbocycles. The lowest BCUT2D eigenvalue weighted by Crippen LogP contribution is -2.20. The molecule has 4 heterocycles. The fraction of sp³-hybridized carbons (Fsp3) is 0.250. The zero-order valence-corrected chi connectivity index (χ0v) is 14.9. The Bertz CT molecular complexity index is 1120. The van der Waals surface area contributed by atoms with Gasteiger partial charge in [-0.1, -0.05) is 30.3 Å². The zero-order valence-electron chi connectivity index (χ0n) is 14.9. The number of hydrogen-bond donors (Lipinski definition) is 2. The summed E-state index contributed by atoms with van der Waals surface area (Å²) >= 11 is 0. The summed E-state index contributed by atoms with van der Waals surface area (Å²) < 4.78 is 1.87. The third-order valence-corrected chi connectivity index (χ3v) is 5.35. The Balaban J connectivity index is 1.52. The van der Waals surface area contributed by atoms with E-state index in [-0.39, 0.29) is 0 Å². The van der Waals surface area contributed by atoms with Crippen LogP contribution in [0.2, 0.25) is 0 Å². The lowest BCUT2D eigenvalue weighted by molar-refractivity contribution is 0.327. The highest BCUT2D eigenvalue weighted by molar-refractivity contribution is 5.84. The molecule has 7 nitrogen and oxygen atoms in total. The van der Waals surface area contributed by atoms with Crippen LogP contribution in [0.5, 0.6) is 0 Å². The number of rotatable bonds is 3. The predicted molar refractivity (Wildman–Crippen MR) is 106 cm³/mol. The van der Waals surface area contributed by atoms with Crippen molar-refractivity contribution in [2.75, 3.05) is 24.6 Å². The monoisotopic (exact) mass is 359 g/mol. The van der Waals surface area contributed by atoms with E-state index in [1.54, 1.807) is 12.5 Å². The first-order valence-corrected chi connectivity index (χ1v) is 9.13. The van der Waals surface area contributed by atoms with Crippen molar-refractivity contribution in [2.45, 2.75) is 18.9 Å². The van der Waals surface area contributed by atoms with E-state index in [0.29, 0.717) is 23.2 Å². The number of anilines is 2. The summed E-state index contributed by atoms with van der Waals surface area (Å²) in [6, 6.07) is 12.5. The van der Waals surface area contributed by atoms with E-state index >= 15 is 0 Å². The van der Waals surface area contributed by atoms with Crippen LogP contribution in [0.15, 0.2) is 48.9 Å². The van der Waals surface area contributed by atoms with Crippen LogP contribution in [-0.4, -0.2) is 37.3 Å². The molecule has 7 heteroatoms. The lowest BCUT2D eigenvalue weighted by atomic mass is 9.98. The molecule has 1 aliphatic heterocycles. The minimum absolute atomic E-state index is 0.356. The number of nitrogens with zero attached hydrogens (tertiary/aromatic N) is 5. The maximum absolute atomic E-state index is 6.16. The van der Waals surface area contributed by atoms with Crippen molar-refractivity contribution >= 4 is 28.3 Å². The molecule has 5 rings (SSSR count). The summed E-state index contributed by atoms with van der Waals surface area (Å²) in [5.41, 5.74) is 17.0. The van der Waals surface area contributed by atoms with Crippen LogP contribution in [0.25, 0.3) is 16.7 Å². The van der Waals surface area contributed by atoms with E-state index in [1.807, 2.05) is 10.5 Å². The molecule has 1 saturated heterocycles. The first-order chi connectivity index (χ1) is 13.2. The van der Waals surface area contributed by atoms with Gasteiger partial charge in [-0.15, -0.1) is 0 Å². The average molecular weight is 359 g/mol. The van der Waals surface area contributed by atoms with Gasteiger partial charge in [0.2, 0.25) is 0 Å². The summed E-state index contributed by atoms with van der Waals surface area (Å²) in [4.78, 5) is 15.8.